The lowest BCUT2D eigenvalue weighted by Gasteiger charge is -2.40. The minimum atomic E-state index is 0.0439. The largest absolute Gasteiger partial charge is 0.374 e. The van der Waals surface area contributed by atoms with E-state index < -0.39 is 0 Å². The van der Waals surface area contributed by atoms with Crippen molar-refractivity contribution in [2.24, 2.45) is 5.73 Å². The molecule has 2 N–H and O–H groups in total. The van der Waals surface area contributed by atoms with E-state index in [2.05, 4.69) is 37.1 Å². The highest BCUT2D eigenvalue weighted by atomic mass is 16.2. The molecule has 1 aromatic rings. The number of piperidine rings is 1. The molecule has 1 aromatic carbocycles. The number of fused-ring (bicyclic) bond motifs is 1. The molecule has 0 aliphatic carbocycles. The van der Waals surface area contributed by atoms with Crippen LogP contribution in [0.5, 0.6) is 0 Å². The fourth-order valence-electron chi connectivity index (χ4n) is 3.68. The van der Waals surface area contributed by atoms with Crippen molar-refractivity contribution in [1.29, 1.82) is 0 Å². The van der Waals surface area contributed by atoms with E-state index in [1.165, 1.54) is 16.8 Å². The van der Waals surface area contributed by atoms with Crippen LogP contribution in [-0.4, -0.2) is 37.0 Å². The van der Waals surface area contributed by atoms with Crippen molar-refractivity contribution in [3.05, 3.63) is 29.3 Å². The van der Waals surface area contributed by atoms with Crippen molar-refractivity contribution in [1.82, 2.24) is 4.90 Å². The molecule has 1 fully saturated rings. The highest BCUT2D eigenvalue weighted by Crippen LogP contribution is 2.35. The lowest BCUT2D eigenvalue weighted by atomic mass is 9.89. The second-order valence-corrected chi connectivity index (χ2v) is 6.29. The number of anilines is 1. The third-order valence-electron chi connectivity index (χ3n) is 4.79. The Kier molecular flexibility index (Phi) is 3.89. The van der Waals surface area contributed by atoms with E-state index in [0.717, 1.165) is 32.4 Å². The van der Waals surface area contributed by atoms with Crippen LogP contribution < -0.4 is 10.6 Å². The van der Waals surface area contributed by atoms with Gasteiger partial charge in [-0.25, -0.2) is 0 Å². The van der Waals surface area contributed by atoms with Gasteiger partial charge >= 0.3 is 0 Å². The van der Waals surface area contributed by atoms with Gasteiger partial charge in [0.2, 0.25) is 5.91 Å². The molecule has 4 heteroatoms. The first-order valence-electron chi connectivity index (χ1n) is 8.01. The maximum atomic E-state index is 12.3. The van der Waals surface area contributed by atoms with Crippen molar-refractivity contribution < 1.29 is 4.79 Å². The lowest BCUT2D eigenvalue weighted by Crippen LogP contribution is -2.49. The summed E-state index contributed by atoms with van der Waals surface area (Å²) < 4.78 is 0. The number of nitrogens with two attached hydrogens (primary N) is 1. The number of benzene rings is 1. The molecule has 0 saturated carbocycles. The zero-order chi connectivity index (χ0) is 15.0. The van der Waals surface area contributed by atoms with Crippen LogP contribution in [0, 0.1) is 0 Å². The number of hydrogen-bond donors (Lipinski definition) is 1. The van der Waals surface area contributed by atoms with Gasteiger partial charge in [-0.15, -0.1) is 0 Å². The third-order valence-corrected chi connectivity index (χ3v) is 4.79. The second-order valence-electron chi connectivity index (χ2n) is 6.29. The van der Waals surface area contributed by atoms with Gasteiger partial charge in [0.15, 0.2) is 0 Å². The molecule has 2 atom stereocenters. The van der Waals surface area contributed by atoms with Gasteiger partial charge in [-0.3, -0.25) is 4.79 Å². The highest BCUT2D eigenvalue weighted by molar-refractivity contribution is 5.78. The minimum Gasteiger partial charge on any atom is -0.374 e. The first kappa shape index (κ1) is 14.4. The van der Waals surface area contributed by atoms with Gasteiger partial charge in [-0.05, 0) is 36.5 Å². The summed E-state index contributed by atoms with van der Waals surface area (Å²) in [6, 6.07) is 6.71. The number of rotatable bonds is 3. The summed E-state index contributed by atoms with van der Waals surface area (Å²) in [6.45, 7) is 3.99. The maximum Gasteiger partial charge on any atom is 0.223 e. The summed E-state index contributed by atoms with van der Waals surface area (Å²) in [4.78, 5) is 16.5. The van der Waals surface area contributed by atoms with Crippen LogP contribution in [0.3, 0.4) is 0 Å². The van der Waals surface area contributed by atoms with Gasteiger partial charge in [0.25, 0.3) is 0 Å². The molecule has 0 bridgehead atoms. The Bertz CT molecular complexity index is 543. The molecule has 1 amide bonds. The number of likely N-dealkylation sites (tertiary alicyclic amines) is 1. The van der Waals surface area contributed by atoms with E-state index in [1.807, 2.05) is 4.90 Å². The Balaban J connectivity index is 1.94. The summed E-state index contributed by atoms with van der Waals surface area (Å²) in [5.41, 5.74) is 10.3. The molecule has 114 valence electrons. The van der Waals surface area contributed by atoms with E-state index >= 15 is 0 Å². The van der Waals surface area contributed by atoms with Crippen LogP contribution in [0.4, 0.5) is 5.69 Å². The monoisotopic (exact) mass is 287 g/mol. The molecular weight excluding hydrogens is 262 g/mol. The standard InChI is InChI=1S/C17H25N3O/c1-3-9-20-16(21)7-5-14(18)17(20)13-4-6-15-12(11-13)8-10-19(15)2/h4,6,11,14,17H,3,5,7-10,18H2,1-2H3. The van der Waals surface area contributed by atoms with Crippen LogP contribution in [0.1, 0.15) is 43.4 Å². The molecule has 0 aromatic heterocycles. The van der Waals surface area contributed by atoms with Gasteiger partial charge in [0, 0.05) is 38.3 Å². The predicted molar refractivity (Wildman–Crippen MR) is 85.4 cm³/mol. The van der Waals surface area contributed by atoms with Gasteiger partial charge in [-0.1, -0.05) is 19.1 Å². The van der Waals surface area contributed by atoms with Crippen LogP contribution in [0.15, 0.2) is 18.2 Å². The topological polar surface area (TPSA) is 49.6 Å². The van der Waals surface area contributed by atoms with Crippen molar-refractivity contribution in [3.8, 4) is 0 Å². The first-order valence-corrected chi connectivity index (χ1v) is 8.01. The molecule has 2 heterocycles. The van der Waals surface area contributed by atoms with Gasteiger partial charge in [0.05, 0.1) is 6.04 Å². The van der Waals surface area contributed by atoms with E-state index in [0.29, 0.717) is 6.42 Å². The molecule has 4 nitrogen and oxygen atoms in total. The first-order chi connectivity index (χ1) is 10.1. The second kappa shape index (κ2) is 5.68. The minimum absolute atomic E-state index is 0.0439. The number of carbonyl (C=O) groups is 1. The van der Waals surface area contributed by atoms with Gasteiger partial charge in [-0.2, -0.15) is 0 Å². The van der Waals surface area contributed by atoms with Crippen LogP contribution >= 0.6 is 0 Å². The molecule has 2 aliphatic rings. The Hall–Kier alpha value is -1.55. The normalized spacial score (nSPS) is 25.4. The highest BCUT2D eigenvalue weighted by Gasteiger charge is 2.34. The fourth-order valence-corrected chi connectivity index (χ4v) is 3.68. The molecular formula is C17H25N3O. The number of amides is 1. The van der Waals surface area contributed by atoms with Crippen molar-refractivity contribution >= 4 is 11.6 Å². The SMILES string of the molecule is CCCN1C(=O)CCC(N)C1c1ccc2c(c1)CCN2C. The molecule has 3 rings (SSSR count). The number of likely N-dealkylation sites (N-methyl/N-ethyl adjacent to an activating group) is 1. The van der Waals surface area contributed by atoms with E-state index in [-0.39, 0.29) is 18.0 Å². The van der Waals surface area contributed by atoms with Crippen molar-refractivity contribution in [2.45, 2.75) is 44.7 Å². The van der Waals surface area contributed by atoms with E-state index in [4.69, 9.17) is 5.73 Å². The molecule has 2 unspecified atom stereocenters. The quantitative estimate of drug-likeness (QED) is 0.926. The smallest absolute Gasteiger partial charge is 0.223 e. The van der Waals surface area contributed by atoms with Crippen LogP contribution in [0.2, 0.25) is 0 Å². The Morgan fingerprint density at radius 2 is 2.14 bits per heavy atom. The summed E-state index contributed by atoms with van der Waals surface area (Å²) >= 11 is 0. The number of hydrogen-bond acceptors (Lipinski definition) is 3. The summed E-state index contributed by atoms with van der Waals surface area (Å²) in [7, 11) is 2.13. The molecule has 1 saturated heterocycles. The van der Waals surface area contributed by atoms with Crippen molar-refractivity contribution in [2.75, 3.05) is 25.0 Å². The van der Waals surface area contributed by atoms with Crippen LogP contribution in [-0.2, 0) is 11.2 Å². The number of nitrogens with zero attached hydrogens (tertiary/aromatic N) is 2. The molecule has 2 aliphatic heterocycles. The Morgan fingerprint density at radius 1 is 1.33 bits per heavy atom. The Morgan fingerprint density at radius 3 is 2.90 bits per heavy atom. The summed E-state index contributed by atoms with van der Waals surface area (Å²) in [6.07, 6.45) is 3.44. The molecule has 0 radical (unpaired) electrons. The van der Waals surface area contributed by atoms with E-state index in [1.54, 1.807) is 0 Å². The lowest BCUT2D eigenvalue weighted by molar-refractivity contribution is -0.137. The van der Waals surface area contributed by atoms with Crippen LogP contribution in [0.25, 0.3) is 0 Å². The van der Waals surface area contributed by atoms with Crippen molar-refractivity contribution in [3.63, 3.8) is 0 Å². The average molecular weight is 287 g/mol. The maximum absolute atomic E-state index is 12.3. The zero-order valence-corrected chi connectivity index (χ0v) is 13.0. The molecule has 0 spiro atoms. The fraction of sp³-hybridized carbons (Fsp3) is 0.588. The predicted octanol–water partition coefficient (Wildman–Crippen LogP) is 2.08. The van der Waals surface area contributed by atoms with Gasteiger partial charge in [0.1, 0.15) is 0 Å². The van der Waals surface area contributed by atoms with E-state index in [9.17, 15) is 4.79 Å². The Labute approximate surface area is 126 Å². The number of carbonyl (C=O) groups excluding carboxylic acids is 1. The zero-order valence-electron chi connectivity index (χ0n) is 13.0. The summed E-state index contributed by atoms with van der Waals surface area (Å²) in [5, 5.41) is 0. The molecule has 21 heavy (non-hydrogen) atoms. The summed E-state index contributed by atoms with van der Waals surface area (Å²) in [5.74, 6) is 0.251. The third kappa shape index (κ3) is 2.53. The average Bonchev–Trinajstić information content (AvgIpc) is 2.84. The van der Waals surface area contributed by atoms with Gasteiger partial charge < -0.3 is 15.5 Å².